The smallest absolute Gasteiger partial charge is 0.409 e. The number of amides is 2. The second-order valence-corrected chi connectivity index (χ2v) is 10.7. The molecule has 1 fully saturated rings. The third-order valence-corrected chi connectivity index (χ3v) is 7.80. The highest BCUT2D eigenvalue weighted by atomic mass is 16.6. The van der Waals surface area contributed by atoms with Gasteiger partial charge in [-0.2, -0.15) is 0 Å². The maximum Gasteiger partial charge on any atom is 0.409 e. The quantitative estimate of drug-likeness (QED) is 0.136. The molecule has 2 amide bonds. The predicted octanol–water partition coefficient (Wildman–Crippen LogP) is 4.99. The summed E-state index contributed by atoms with van der Waals surface area (Å²) in [6.45, 7) is 1.50. The first-order valence-electron chi connectivity index (χ1n) is 14.9. The number of carbonyl (C=O) groups is 3. The molecule has 0 saturated carbocycles. The highest BCUT2D eigenvalue weighted by Gasteiger charge is 2.35. The number of likely N-dealkylation sites (tertiary alicyclic amines) is 1. The van der Waals surface area contributed by atoms with Crippen LogP contribution in [-0.2, 0) is 22.4 Å². The molecular formula is C34H41N3O7. The molecule has 0 N–H and O–H groups in total. The van der Waals surface area contributed by atoms with Gasteiger partial charge in [0.05, 0.1) is 27.4 Å². The van der Waals surface area contributed by atoms with Crippen molar-refractivity contribution in [3.05, 3.63) is 83.7 Å². The van der Waals surface area contributed by atoms with Gasteiger partial charge in [-0.25, -0.2) is 4.79 Å². The van der Waals surface area contributed by atoms with Crippen LogP contribution in [0.25, 0.3) is 0 Å². The fourth-order valence-corrected chi connectivity index (χ4v) is 5.38. The molecule has 1 saturated heterocycles. The van der Waals surface area contributed by atoms with E-state index in [0.717, 1.165) is 30.4 Å². The number of ketones is 1. The van der Waals surface area contributed by atoms with E-state index in [1.807, 2.05) is 42.6 Å². The lowest BCUT2D eigenvalue weighted by Crippen LogP contribution is -2.43. The van der Waals surface area contributed by atoms with E-state index < -0.39 is 17.8 Å². The Bertz CT molecular complexity index is 1360. The Balaban J connectivity index is 1.37. The van der Waals surface area contributed by atoms with Crippen molar-refractivity contribution >= 4 is 17.8 Å². The van der Waals surface area contributed by atoms with Crippen molar-refractivity contribution in [1.29, 1.82) is 0 Å². The number of aromatic nitrogens is 1. The molecule has 3 aromatic rings. The fraction of sp³-hybridized carbons (Fsp3) is 0.412. The first-order valence-corrected chi connectivity index (χ1v) is 14.9. The number of hydrogen-bond acceptors (Lipinski definition) is 8. The number of rotatable bonds is 15. The Morgan fingerprint density at radius 3 is 2.27 bits per heavy atom. The van der Waals surface area contributed by atoms with Crippen LogP contribution in [0.4, 0.5) is 4.79 Å². The van der Waals surface area contributed by atoms with Gasteiger partial charge in [0.1, 0.15) is 6.61 Å². The van der Waals surface area contributed by atoms with Gasteiger partial charge >= 0.3 is 6.09 Å². The van der Waals surface area contributed by atoms with E-state index in [9.17, 15) is 14.4 Å². The lowest BCUT2D eigenvalue weighted by atomic mass is 10.1. The number of methoxy groups -OCH3 is 3. The Kier molecular flexibility index (Phi) is 12.0. The highest BCUT2D eigenvalue weighted by molar-refractivity contribution is 6.43. The molecule has 1 aliphatic rings. The van der Waals surface area contributed by atoms with Gasteiger partial charge < -0.3 is 28.7 Å². The Morgan fingerprint density at radius 1 is 0.886 bits per heavy atom. The van der Waals surface area contributed by atoms with Crippen molar-refractivity contribution in [2.75, 3.05) is 47.6 Å². The van der Waals surface area contributed by atoms with Gasteiger partial charge in [0, 0.05) is 37.6 Å². The molecule has 0 unspecified atom stereocenters. The summed E-state index contributed by atoms with van der Waals surface area (Å²) in [5, 5.41) is 0. The second kappa shape index (κ2) is 16.3. The lowest BCUT2D eigenvalue weighted by molar-refractivity contribution is -0.128. The van der Waals surface area contributed by atoms with E-state index in [0.29, 0.717) is 44.6 Å². The Hall–Kier alpha value is -4.60. The number of ether oxygens (including phenoxy) is 4. The van der Waals surface area contributed by atoms with E-state index in [1.165, 1.54) is 38.4 Å². The fourth-order valence-electron chi connectivity index (χ4n) is 5.38. The van der Waals surface area contributed by atoms with Gasteiger partial charge in [-0.05, 0) is 67.9 Å². The molecule has 10 heteroatoms. The predicted molar refractivity (Wildman–Crippen MR) is 165 cm³/mol. The lowest BCUT2D eigenvalue weighted by Gasteiger charge is -2.27. The minimum atomic E-state index is -0.694. The van der Waals surface area contributed by atoms with Crippen molar-refractivity contribution in [2.45, 2.75) is 44.6 Å². The third kappa shape index (κ3) is 8.49. The number of Topliss-reactive ketones (excluding diaryl/α,β-unsaturated/α-hetero) is 1. The number of hydrogen-bond donors (Lipinski definition) is 0. The van der Waals surface area contributed by atoms with Crippen LogP contribution in [-0.4, -0.2) is 86.2 Å². The summed E-state index contributed by atoms with van der Waals surface area (Å²) in [5.74, 6) is -0.453. The number of unbranched alkanes of at least 4 members (excludes halogenated alkanes) is 1. The van der Waals surface area contributed by atoms with Crippen LogP contribution in [0.5, 0.6) is 17.2 Å². The standard InChI is InChI=1S/C34H41N3O7/c1-41-29-21-27(22-30(42-2)32(29)43-3)31(38)33(39)37-19-10-15-28(37)24-44-34(40)36(20-16-25-11-5-4-6-12-25)18-8-7-13-26-14-9-17-35-23-26/h4-6,9,11-12,14,17,21-23,28H,7-8,10,13,15-16,18-20,24H2,1-3H3/t28-/m0/s1. The Labute approximate surface area is 258 Å². The molecule has 2 aromatic carbocycles. The first-order chi connectivity index (χ1) is 21.4. The van der Waals surface area contributed by atoms with Gasteiger partial charge in [0.25, 0.3) is 11.7 Å². The van der Waals surface area contributed by atoms with Gasteiger partial charge in [-0.1, -0.05) is 36.4 Å². The molecule has 0 bridgehead atoms. The summed E-state index contributed by atoms with van der Waals surface area (Å²) in [7, 11) is 4.36. The van der Waals surface area contributed by atoms with Crippen molar-refractivity contribution in [3.8, 4) is 17.2 Å². The SMILES string of the molecule is COc1cc(C(=O)C(=O)N2CCC[C@H]2COC(=O)N(CCCCc2cccnc2)CCc2ccccc2)cc(OC)c1OC. The van der Waals surface area contributed by atoms with Crippen molar-refractivity contribution in [1.82, 2.24) is 14.8 Å². The van der Waals surface area contributed by atoms with Gasteiger partial charge in [0.2, 0.25) is 5.75 Å². The zero-order chi connectivity index (χ0) is 31.3. The summed E-state index contributed by atoms with van der Waals surface area (Å²) in [4.78, 5) is 47.3. The minimum Gasteiger partial charge on any atom is -0.493 e. The van der Waals surface area contributed by atoms with Crippen LogP contribution in [0.3, 0.4) is 0 Å². The van der Waals surface area contributed by atoms with Crippen LogP contribution in [0, 0.1) is 0 Å². The van der Waals surface area contributed by atoms with E-state index in [-0.39, 0.29) is 29.7 Å². The topological polar surface area (TPSA) is 108 Å². The van der Waals surface area contributed by atoms with Gasteiger partial charge in [-0.15, -0.1) is 0 Å². The van der Waals surface area contributed by atoms with Crippen LogP contribution in [0.1, 0.15) is 47.2 Å². The number of benzene rings is 2. The molecular weight excluding hydrogens is 562 g/mol. The maximum atomic E-state index is 13.3. The van der Waals surface area contributed by atoms with E-state index in [4.69, 9.17) is 18.9 Å². The number of nitrogens with zero attached hydrogens (tertiary/aromatic N) is 3. The summed E-state index contributed by atoms with van der Waals surface area (Å²) in [6.07, 6.45) is 7.86. The summed E-state index contributed by atoms with van der Waals surface area (Å²) >= 11 is 0. The molecule has 10 nitrogen and oxygen atoms in total. The van der Waals surface area contributed by atoms with Crippen molar-refractivity contribution in [3.63, 3.8) is 0 Å². The molecule has 1 aromatic heterocycles. The number of aryl methyl sites for hydroxylation is 1. The van der Waals surface area contributed by atoms with Crippen LogP contribution < -0.4 is 14.2 Å². The van der Waals surface area contributed by atoms with E-state index >= 15 is 0 Å². The second-order valence-electron chi connectivity index (χ2n) is 10.7. The average Bonchev–Trinajstić information content (AvgIpc) is 3.55. The van der Waals surface area contributed by atoms with Crippen molar-refractivity contribution < 1.29 is 33.3 Å². The highest BCUT2D eigenvalue weighted by Crippen LogP contribution is 2.38. The largest absolute Gasteiger partial charge is 0.493 e. The summed E-state index contributed by atoms with van der Waals surface area (Å²) in [5.41, 5.74) is 2.43. The molecule has 2 heterocycles. The zero-order valence-electron chi connectivity index (χ0n) is 25.7. The number of carbonyl (C=O) groups excluding carboxylic acids is 3. The van der Waals surface area contributed by atoms with Gasteiger partial charge in [0.15, 0.2) is 11.5 Å². The number of pyridine rings is 1. The average molecular weight is 604 g/mol. The zero-order valence-corrected chi connectivity index (χ0v) is 25.7. The molecule has 0 radical (unpaired) electrons. The molecule has 0 aliphatic carbocycles. The molecule has 4 rings (SSSR count). The first kappa shape index (κ1) is 32.3. The van der Waals surface area contributed by atoms with E-state index in [2.05, 4.69) is 11.1 Å². The minimum absolute atomic E-state index is 0.0185. The molecule has 1 aliphatic heterocycles. The van der Waals surface area contributed by atoms with Crippen LogP contribution in [0.2, 0.25) is 0 Å². The molecule has 234 valence electrons. The monoisotopic (exact) mass is 603 g/mol. The van der Waals surface area contributed by atoms with E-state index in [1.54, 1.807) is 11.1 Å². The molecule has 0 spiro atoms. The summed E-state index contributed by atoms with van der Waals surface area (Å²) in [6, 6.07) is 16.5. The maximum absolute atomic E-state index is 13.3. The van der Waals surface area contributed by atoms with Crippen LogP contribution >= 0.6 is 0 Å². The molecule has 44 heavy (non-hydrogen) atoms. The normalized spacial score (nSPS) is 14.2. The molecule has 1 atom stereocenters. The van der Waals surface area contributed by atoms with Crippen LogP contribution in [0.15, 0.2) is 67.0 Å². The third-order valence-electron chi connectivity index (χ3n) is 7.80. The summed E-state index contributed by atoms with van der Waals surface area (Å²) < 4.78 is 21.8. The van der Waals surface area contributed by atoms with Crippen molar-refractivity contribution in [2.24, 2.45) is 0 Å². The van der Waals surface area contributed by atoms with Gasteiger partial charge in [-0.3, -0.25) is 14.6 Å². The Morgan fingerprint density at radius 2 is 1.61 bits per heavy atom.